The van der Waals surface area contributed by atoms with E-state index in [0.29, 0.717) is 18.6 Å². The smallest absolute Gasteiger partial charge is 0.310 e. The maximum absolute atomic E-state index is 11.5. The van der Waals surface area contributed by atoms with E-state index in [0.717, 1.165) is 24.8 Å². The maximum Gasteiger partial charge on any atom is 0.310 e. The highest BCUT2D eigenvalue weighted by atomic mass is 16.6. The molecule has 0 spiro atoms. The van der Waals surface area contributed by atoms with Crippen molar-refractivity contribution in [1.82, 2.24) is 0 Å². The summed E-state index contributed by atoms with van der Waals surface area (Å²) >= 11 is 0. The molecule has 4 heteroatoms. The van der Waals surface area contributed by atoms with Gasteiger partial charge >= 0.3 is 5.97 Å². The van der Waals surface area contributed by atoms with Crippen LogP contribution in [-0.4, -0.2) is 22.0 Å². The van der Waals surface area contributed by atoms with Gasteiger partial charge in [0.15, 0.2) is 0 Å². The number of para-hydroxylation sites is 1. The number of fused-ring (bicyclic) bond motifs is 1. The van der Waals surface area contributed by atoms with Crippen molar-refractivity contribution in [1.29, 1.82) is 0 Å². The Morgan fingerprint density at radius 1 is 1.33 bits per heavy atom. The minimum absolute atomic E-state index is 0.551. The van der Waals surface area contributed by atoms with Crippen LogP contribution in [0.4, 0.5) is 0 Å². The number of benzene rings is 1. The number of hydrogen-bond donors (Lipinski definition) is 2. The molecule has 1 heterocycles. The third-order valence-electron chi connectivity index (χ3n) is 4.83. The van der Waals surface area contributed by atoms with Gasteiger partial charge in [-0.05, 0) is 30.5 Å². The van der Waals surface area contributed by atoms with Gasteiger partial charge in [0.05, 0.1) is 5.92 Å². The summed E-state index contributed by atoms with van der Waals surface area (Å²) in [5.41, 5.74) is 0.503. The second kappa shape index (κ2) is 7.39. The van der Waals surface area contributed by atoms with E-state index in [1.165, 1.54) is 6.08 Å². The molecular weight excluding hydrogens is 304 g/mol. The van der Waals surface area contributed by atoms with Crippen molar-refractivity contribution < 1.29 is 19.7 Å². The van der Waals surface area contributed by atoms with E-state index in [9.17, 15) is 15.0 Å². The molecule has 24 heavy (non-hydrogen) atoms. The Labute approximate surface area is 144 Å². The average molecular weight is 332 g/mol. The van der Waals surface area contributed by atoms with E-state index in [4.69, 9.17) is 4.74 Å². The summed E-state index contributed by atoms with van der Waals surface area (Å²) < 4.78 is 5.87. The molecule has 0 aromatic heterocycles. The van der Waals surface area contributed by atoms with Gasteiger partial charge in [-0.2, -0.15) is 0 Å². The lowest BCUT2D eigenvalue weighted by Gasteiger charge is -2.44. The molecule has 1 aromatic rings. The fourth-order valence-electron chi connectivity index (χ4n) is 3.08. The molecule has 2 rings (SSSR count). The highest BCUT2D eigenvalue weighted by molar-refractivity contribution is 5.72. The van der Waals surface area contributed by atoms with Gasteiger partial charge in [-0.15, -0.1) is 0 Å². The second-order valence-corrected chi connectivity index (χ2v) is 7.27. The van der Waals surface area contributed by atoms with Crippen molar-refractivity contribution in [2.24, 2.45) is 11.3 Å². The van der Waals surface area contributed by atoms with Gasteiger partial charge < -0.3 is 14.9 Å². The molecule has 2 atom stereocenters. The number of hydrogen-bond acceptors (Lipinski definition) is 3. The molecule has 0 saturated heterocycles. The lowest BCUT2D eigenvalue weighted by Crippen LogP contribution is -2.52. The predicted octanol–water partition coefficient (Wildman–Crippen LogP) is 4.17. The summed E-state index contributed by atoms with van der Waals surface area (Å²) in [5.74, 6) is -2.32. The van der Waals surface area contributed by atoms with Crippen LogP contribution >= 0.6 is 0 Å². The summed E-state index contributed by atoms with van der Waals surface area (Å²) in [7, 11) is 0. The molecule has 4 nitrogen and oxygen atoms in total. The molecule has 1 aliphatic rings. The van der Waals surface area contributed by atoms with Crippen LogP contribution in [0.3, 0.4) is 0 Å². The number of carbonyl (C=O) groups is 1. The Bertz CT molecular complexity index is 605. The fourth-order valence-corrected chi connectivity index (χ4v) is 3.08. The quantitative estimate of drug-likeness (QED) is 0.581. The number of rotatable bonds is 7. The molecule has 0 fully saturated rings. The van der Waals surface area contributed by atoms with Crippen LogP contribution in [0.2, 0.25) is 0 Å². The van der Waals surface area contributed by atoms with Crippen molar-refractivity contribution in [2.75, 3.05) is 0 Å². The van der Waals surface area contributed by atoms with Crippen LogP contribution in [0, 0.1) is 11.3 Å². The van der Waals surface area contributed by atoms with Crippen LogP contribution in [0.15, 0.2) is 36.4 Å². The van der Waals surface area contributed by atoms with Gasteiger partial charge in [-0.25, -0.2) is 0 Å². The van der Waals surface area contributed by atoms with E-state index in [-0.39, 0.29) is 0 Å². The molecule has 2 N–H and O–H groups in total. The summed E-state index contributed by atoms with van der Waals surface area (Å²) in [5, 5.41) is 20.4. The molecule has 0 bridgehead atoms. The third-order valence-corrected chi connectivity index (χ3v) is 4.83. The maximum atomic E-state index is 11.5. The lowest BCUT2D eigenvalue weighted by molar-refractivity contribution is -0.183. The Balaban J connectivity index is 2.20. The first-order chi connectivity index (χ1) is 11.3. The van der Waals surface area contributed by atoms with Gasteiger partial charge in [-0.3, -0.25) is 4.79 Å². The molecule has 0 radical (unpaired) electrons. The van der Waals surface area contributed by atoms with Crippen molar-refractivity contribution in [3.05, 3.63) is 42.0 Å². The van der Waals surface area contributed by atoms with Gasteiger partial charge in [0, 0.05) is 5.41 Å². The normalized spacial score (nSPS) is 23.5. The lowest BCUT2D eigenvalue weighted by atomic mass is 9.75. The first-order valence-corrected chi connectivity index (χ1v) is 8.70. The van der Waals surface area contributed by atoms with Gasteiger partial charge in [0.2, 0.25) is 5.79 Å². The Hall–Kier alpha value is -1.81. The number of carboxylic acid groups (broad SMARTS) is 1. The molecule has 0 saturated carbocycles. The van der Waals surface area contributed by atoms with Gasteiger partial charge in [0.1, 0.15) is 5.75 Å². The molecular formula is C20H28O4. The highest BCUT2D eigenvalue weighted by Gasteiger charge is 2.47. The number of unbranched alkanes of at least 4 members (excludes halogenated alkanes) is 2. The van der Waals surface area contributed by atoms with Crippen LogP contribution in [-0.2, 0) is 11.2 Å². The Kier molecular flexibility index (Phi) is 5.70. The first kappa shape index (κ1) is 18.5. The number of aliphatic carboxylic acids is 1. The van der Waals surface area contributed by atoms with Gasteiger partial charge in [0.25, 0.3) is 0 Å². The largest absolute Gasteiger partial charge is 0.481 e. The van der Waals surface area contributed by atoms with Crippen molar-refractivity contribution in [3.8, 4) is 5.75 Å². The van der Waals surface area contributed by atoms with E-state index < -0.39 is 23.1 Å². The minimum atomic E-state index is -1.51. The van der Waals surface area contributed by atoms with E-state index >= 15 is 0 Å². The zero-order valence-corrected chi connectivity index (χ0v) is 14.8. The van der Waals surface area contributed by atoms with Crippen LogP contribution in [0.5, 0.6) is 5.75 Å². The standard InChI is InChI=1S/C20H28O4/c1-4-5-6-9-15(18(21)22)12-13-20(23)19(2,3)14-16-10-7-8-11-17(16)24-20/h7-8,10-13,15,23H,4-6,9,14H2,1-3H3,(H,21,22). The van der Waals surface area contributed by atoms with E-state index in [1.807, 2.05) is 38.1 Å². The topological polar surface area (TPSA) is 66.8 Å². The predicted molar refractivity (Wildman–Crippen MR) is 93.9 cm³/mol. The molecule has 1 aromatic carbocycles. The summed E-state index contributed by atoms with van der Waals surface area (Å²) in [6.07, 6.45) is 7.29. The fraction of sp³-hybridized carbons (Fsp3) is 0.550. The Morgan fingerprint density at radius 3 is 2.71 bits per heavy atom. The summed E-state index contributed by atoms with van der Waals surface area (Å²) in [6.45, 7) is 5.95. The van der Waals surface area contributed by atoms with Crippen LogP contribution in [0.25, 0.3) is 0 Å². The van der Waals surface area contributed by atoms with Crippen LogP contribution < -0.4 is 4.74 Å². The first-order valence-electron chi connectivity index (χ1n) is 8.70. The summed E-state index contributed by atoms with van der Waals surface area (Å²) in [6, 6.07) is 7.64. The molecule has 1 aliphatic heterocycles. The zero-order chi connectivity index (χ0) is 17.8. The summed E-state index contributed by atoms with van der Waals surface area (Å²) in [4.78, 5) is 11.5. The zero-order valence-electron chi connectivity index (χ0n) is 14.8. The van der Waals surface area contributed by atoms with Crippen molar-refractivity contribution in [2.45, 2.75) is 58.7 Å². The monoisotopic (exact) mass is 332 g/mol. The molecule has 132 valence electrons. The number of carboxylic acids is 1. The third kappa shape index (κ3) is 3.99. The van der Waals surface area contributed by atoms with Crippen LogP contribution in [0.1, 0.15) is 52.0 Å². The highest BCUT2D eigenvalue weighted by Crippen LogP contribution is 2.44. The Morgan fingerprint density at radius 2 is 2.04 bits per heavy atom. The molecule has 0 aliphatic carbocycles. The average Bonchev–Trinajstić information content (AvgIpc) is 2.51. The number of aliphatic hydroxyl groups is 1. The van der Waals surface area contributed by atoms with Crippen molar-refractivity contribution in [3.63, 3.8) is 0 Å². The molecule has 0 amide bonds. The second-order valence-electron chi connectivity index (χ2n) is 7.27. The van der Waals surface area contributed by atoms with Gasteiger partial charge in [-0.1, -0.05) is 64.3 Å². The number of ether oxygens (including phenoxy) is 1. The van der Waals surface area contributed by atoms with E-state index in [1.54, 1.807) is 6.08 Å². The SMILES string of the molecule is CCCCCC(C=CC1(O)Oc2ccccc2CC1(C)C)C(=O)O. The van der Waals surface area contributed by atoms with Crippen molar-refractivity contribution >= 4 is 5.97 Å². The molecule has 2 unspecified atom stereocenters. The minimum Gasteiger partial charge on any atom is -0.481 e. The van der Waals surface area contributed by atoms with E-state index in [2.05, 4.69) is 6.92 Å².